The molecule has 32 heavy (non-hydrogen) atoms. The van der Waals surface area contributed by atoms with Gasteiger partial charge in [-0.2, -0.15) is 0 Å². The van der Waals surface area contributed by atoms with Crippen molar-refractivity contribution >= 4 is 24.1 Å². The van der Waals surface area contributed by atoms with Crippen LogP contribution in [-0.4, -0.2) is 25.8 Å². The van der Waals surface area contributed by atoms with E-state index in [1.807, 2.05) is 48.7 Å². The van der Waals surface area contributed by atoms with Crippen molar-refractivity contribution in [1.29, 1.82) is 0 Å². The molecule has 2 aromatic carbocycles. The summed E-state index contributed by atoms with van der Waals surface area (Å²) in [5.41, 5.74) is 3.57. The van der Waals surface area contributed by atoms with Crippen molar-refractivity contribution in [3.8, 4) is 22.6 Å². The number of aldehydes is 1. The van der Waals surface area contributed by atoms with Gasteiger partial charge in [0.2, 0.25) is 5.95 Å². The second kappa shape index (κ2) is 9.34. The van der Waals surface area contributed by atoms with Crippen molar-refractivity contribution in [2.45, 2.75) is 19.8 Å². The van der Waals surface area contributed by atoms with E-state index in [0.717, 1.165) is 22.8 Å². The molecule has 0 radical (unpaired) electrons. The number of allylic oxidation sites excluding steroid dienone is 1. The minimum atomic E-state index is -0.328. The van der Waals surface area contributed by atoms with E-state index >= 15 is 0 Å². The lowest BCUT2D eigenvalue weighted by atomic mass is 10.1. The molecule has 0 fully saturated rings. The average Bonchev–Trinajstić information content (AvgIpc) is 3.19. The van der Waals surface area contributed by atoms with E-state index in [0.29, 0.717) is 23.6 Å². The quantitative estimate of drug-likeness (QED) is 0.303. The highest BCUT2D eigenvalue weighted by Crippen LogP contribution is 2.35. The Labute approximate surface area is 185 Å². The van der Waals surface area contributed by atoms with Crippen LogP contribution in [0.5, 0.6) is 0 Å². The lowest BCUT2D eigenvalue weighted by molar-refractivity contribution is -0.104. The summed E-state index contributed by atoms with van der Waals surface area (Å²) in [5, 5.41) is 3.19. The first kappa shape index (κ1) is 21.1. The van der Waals surface area contributed by atoms with Gasteiger partial charge >= 0.3 is 0 Å². The van der Waals surface area contributed by atoms with E-state index in [4.69, 9.17) is 4.98 Å². The zero-order valence-corrected chi connectivity index (χ0v) is 17.7. The van der Waals surface area contributed by atoms with Crippen LogP contribution in [0.1, 0.15) is 25.6 Å². The maximum atomic E-state index is 13.6. The number of para-hydroxylation sites is 1. The van der Waals surface area contributed by atoms with Crippen molar-refractivity contribution in [3.63, 3.8) is 0 Å². The largest absolute Gasteiger partial charge is 0.324 e. The van der Waals surface area contributed by atoms with Crippen molar-refractivity contribution in [2.24, 2.45) is 0 Å². The summed E-state index contributed by atoms with van der Waals surface area (Å²) in [6.07, 6.45) is 5.46. The van der Waals surface area contributed by atoms with Gasteiger partial charge in [-0.15, -0.1) is 0 Å². The Bertz CT molecular complexity index is 1250. The SMILES string of the molecule is CC(C)c1nc(-c2ccnc(Nc3ccccc3)n2)c(-c2ccc(F)cc2)n1/C=C/C=O. The highest BCUT2D eigenvalue weighted by Gasteiger charge is 2.22. The van der Waals surface area contributed by atoms with Gasteiger partial charge in [0.25, 0.3) is 0 Å². The van der Waals surface area contributed by atoms with Gasteiger partial charge in [0.05, 0.1) is 11.4 Å². The molecule has 0 unspecified atom stereocenters. The van der Waals surface area contributed by atoms with Gasteiger partial charge in [0.15, 0.2) is 0 Å². The Hall–Kier alpha value is -4.13. The van der Waals surface area contributed by atoms with E-state index < -0.39 is 0 Å². The van der Waals surface area contributed by atoms with E-state index in [2.05, 4.69) is 15.3 Å². The molecule has 7 heteroatoms. The van der Waals surface area contributed by atoms with Crippen LogP contribution in [0.4, 0.5) is 16.0 Å². The molecule has 0 saturated carbocycles. The van der Waals surface area contributed by atoms with Crippen molar-refractivity contribution in [2.75, 3.05) is 5.32 Å². The highest BCUT2D eigenvalue weighted by molar-refractivity contribution is 5.81. The summed E-state index contributed by atoms with van der Waals surface area (Å²) in [7, 11) is 0. The molecule has 0 aliphatic carbocycles. The lowest BCUT2D eigenvalue weighted by Gasteiger charge is -2.10. The average molecular weight is 427 g/mol. The summed E-state index contributed by atoms with van der Waals surface area (Å²) in [6.45, 7) is 4.04. The van der Waals surface area contributed by atoms with Crippen molar-refractivity contribution in [1.82, 2.24) is 19.5 Å². The van der Waals surface area contributed by atoms with Crippen LogP contribution in [0.15, 0.2) is 72.9 Å². The second-order valence-corrected chi connectivity index (χ2v) is 7.43. The number of carbonyl (C=O) groups excluding carboxylic acids is 1. The van der Waals surface area contributed by atoms with E-state index in [1.54, 1.807) is 30.6 Å². The van der Waals surface area contributed by atoms with Crippen LogP contribution < -0.4 is 5.32 Å². The molecule has 0 aliphatic rings. The molecule has 0 amide bonds. The first-order valence-electron chi connectivity index (χ1n) is 10.2. The predicted octanol–water partition coefficient (Wildman–Crippen LogP) is 5.68. The van der Waals surface area contributed by atoms with Gasteiger partial charge in [-0.1, -0.05) is 32.0 Å². The standard InChI is InChI=1S/C25H22FN5O/c1-17(2)24-30-22(21-13-14-27-25(29-21)28-20-7-4-3-5-8-20)23(31(24)15-6-16-32)18-9-11-19(26)12-10-18/h3-17H,1-2H3,(H,27,28,29)/b15-6+. The predicted molar refractivity (Wildman–Crippen MR) is 124 cm³/mol. The van der Waals surface area contributed by atoms with Crippen molar-refractivity contribution < 1.29 is 9.18 Å². The Morgan fingerprint density at radius 2 is 1.75 bits per heavy atom. The molecule has 0 saturated heterocycles. The lowest BCUT2D eigenvalue weighted by Crippen LogP contribution is -2.00. The number of hydrogen-bond acceptors (Lipinski definition) is 5. The Balaban J connectivity index is 1.88. The zero-order valence-electron chi connectivity index (χ0n) is 17.7. The highest BCUT2D eigenvalue weighted by atomic mass is 19.1. The monoisotopic (exact) mass is 427 g/mol. The fourth-order valence-electron chi connectivity index (χ4n) is 3.39. The fourth-order valence-corrected chi connectivity index (χ4v) is 3.39. The number of benzene rings is 2. The number of imidazole rings is 1. The van der Waals surface area contributed by atoms with Crippen LogP contribution >= 0.6 is 0 Å². The number of carbonyl (C=O) groups is 1. The molecule has 0 bridgehead atoms. The van der Waals surface area contributed by atoms with Gasteiger partial charge < -0.3 is 9.88 Å². The number of aromatic nitrogens is 4. The minimum Gasteiger partial charge on any atom is -0.324 e. The van der Waals surface area contributed by atoms with Gasteiger partial charge in [-0.3, -0.25) is 4.79 Å². The van der Waals surface area contributed by atoms with Gasteiger partial charge in [0, 0.05) is 29.6 Å². The topological polar surface area (TPSA) is 72.7 Å². The molecule has 0 atom stereocenters. The normalized spacial score (nSPS) is 11.2. The van der Waals surface area contributed by atoms with E-state index in [-0.39, 0.29) is 11.7 Å². The van der Waals surface area contributed by atoms with Gasteiger partial charge in [0.1, 0.15) is 23.6 Å². The van der Waals surface area contributed by atoms with Crippen LogP contribution in [0, 0.1) is 5.82 Å². The first-order valence-corrected chi connectivity index (χ1v) is 10.2. The summed E-state index contributed by atoms with van der Waals surface area (Å²) in [4.78, 5) is 24.9. The third kappa shape index (κ3) is 4.46. The maximum absolute atomic E-state index is 13.6. The minimum absolute atomic E-state index is 0.0722. The summed E-state index contributed by atoms with van der Waals surface area (Å²) in [5.74, 6) is 0.935. The van der Waals surface area contributed by atoms with Gasteiger partial charge in [-0.05, 0) is 48.5 Å². The molecule has 1 N–H and O–H groups in total. The molecule has 0 spiro atoms. The van der Waals surface area contributed by atoms with Crippen LogP contribution in [0.3, 0.4) is 0 Å². The molecule has 4 aromatic rings. The molecule has 6 nitrogen and oxygen atoms in total. The smallest absolute Gasteiger partial charge is 0.227 e. The summed E-state index contributed by atoms with van der Waals surface area (Å²) >= 11 is 0. The molecule has 0 aliphatic heterocycles. The number of rotatable bonds is 7. The zero-order chi connectivity index (χ0) is 22.5. The van der Waals surface area contributed by atoms with E-state index in [1.165, 1.54) is 18.2 Å². The summed E-state index contributed by atoms with van der Waals surface area (Å²) < 4.78 is 15.5. The Morgan fingerprint density at radius 1 is 1.00 bits per heavy atom. The second-order valence-electron chi connectivity index (χ2n) is 7.43. The third-order valence-corrected chi connectivity index (χ3v) is 4.81. The first-order chi connectivity index (χ1) is 15.6. The van der Waals surface area contributed by atoms with Crippen molar-refractivity contribution in [3.05, 3.63) is 84.6 Å². The molecule has 160 valence electrons. The Morgan fingerprint density at radius 3 is 2.44 bits per heavy atom. The third-order valence-electron chi connectivity index (χ3n) is 4.81. The number of anilines is 2. The van der Waals surface area contributed by atoms with Crippen LogP contribution in [-0.2, 0) is 4.79 Å². The number of nitrogens with zero attached hydrogens (tertiary/aromatic N) is 4. The molecule has 4 rings (SSSR count). The van der Waals surface area contributed by atoms with Crippen LogP contribution in [0.25, 0.3) is 28.8 Å². The molecule has 2 heterocycles. The number of nitrogens with one attached hydrogen (secondary N) is 1. The molecular formula is C25H22FN5O. The summed E-state index contributed by atoms with van der Waals surface area (Å²) in [6, 6.07) is 17.6. The Kier molecular flexibility index (Phi) is 6.17. The number of halogens is 1. The number of hydrogen-bond donors (Lipinski definition) is 1. The van der Waals surface area contributed by atoms with Gasteiger partial charge in [-0.25, -0.2) is 19.3 Å². The fraction of sp³-hybridized carbons (Fsp3) is 0.120. The van der Waals surface area contributed by atoms with Crippen LogP contribution in [0.2, 0.25) is 0 Å². The molecular weight excluding hydrogens is 405 g/mol. The maximum Gasteiger partial charge on any atom is 0.227 e. The van der Waals surface area contributed by atoms with E-state index in [9.17, 15) is 9.18 Å². The molecule has 2 aromatic heterocycles.